The molecule has 2 aromatic heterocycles. The highest BCUT2D eigenvalue weighted by atomic mass is 79.9. The number of nitrogens with zero attached hydrogens (tertiary/aromatic N) is 2. The lowest BCUT2D eigenvalue weighted by Crippen LogP contribution is -2.27. The minimum atomic E-state index is 0.0742. The Bertz CT molecular complexity index is 589. The van der Waals surface area contributed by atoms with E-state index in [0.29, 0.717) is 12.3 Å². The highest BCUT2D eigenvalue weighted by molar-refractivity contribution is 9.11. The van der Waals surface area contributed by atoms with E-state index in [1.807, 2.05) is 25.3 Å². The Kier molecular flexibility index (Phi) is 6.66. The molecule has 2 aromatic rings. The Morgan fingerprint density at radius 1 is 1.52 bits per heavy atom. The van der Waals surface area contributed by atoms with Crippen molar-refractivity contribution in [2.45, 2.75) is 19.1 Å². The summed E-state index contributed by atoms with van der Waals surface area (Å²) in [7, 11) is 0. The predicted molar refractivity (Wildman–Crippen MR) is 91.7 cm³/mol. The average molecular weight is 386 g/mol. The van der Waals surface area contributed by atoms with Crippen molar-refractivity contribution in [2.24, 2.45) is 0 Å². The van der Waals surface area contributed by atoms with E-state index in [9.17, 15) is 4.79 Å². The molecule has 0 unspecified atom stereocenters. The molecule has 0 aliphatic heterocycles. The quantitative estimate of drug-likeness (QED) is 0.794. The topological polar surface area (TPSA) is 54.9 Å². The molecule has 0 aliphatic carbocycles. The molecule has 4 nitrogen and oxygen atoms in total. The Labute approximate surface area is 140 Å². The lowest BCUT2D eigenvalue weighted by Gasteiger charge is -2.05. The van der Waals surface area contributed by atoms with Crippen molar-refractivity contribution in [1.82, 2.24) is 15.3 Å². The van der Waals surface area contributed by atoms with E-state index in [1.54, 1.807) is 29.3 Å². The number of pyridine rings is 1. The van der Waals surface area contributed by atoms with Crippen LogP contribution in [0.15, 0.2) is 28.4 Å². The van der Waals surface area contributed by atoms with Crippen molar-refractivity contribution in [3.63, 3.8) is 0 Å². The molecule has 0 aromatic carbocycles. The minimum absolute atomic E-state index is 0.0742. The summed E-state index contributed by atoms with van der Waals surface area (Å²) in [4.78, 5) is 21.3. The van der Waals surface area contributed by atoms with Gasteiger partial charge in [-0.05, 0) is 40.9 Å². The molecule has 0 saturated carbocycles. The molecule has 0 aliphatic rings. The number of thioether (sulfide) groups is 1. The van der Waals surface area contributed by atoms with E-state index in [4.69, 9.17) is 0 Å². The largest absolute Gasteiger partial charge is 0.355 e. The number of rotatable bonds is 7. The molecule has 1 amide bonds. The Balaban J connectivity index is 1.63. The average Bonchev–Trinajstić information content (AvgIpc) is 2.78. The first kappa shape index (κ1) is 16.5. The van der Waals surface area contributed by atoms with E-state index < -0.39 is 0 Å². The van der Waals surface area contributed by atoms with Gasteiger partial charge in [-0.2, -0.15) is 0 Å². The third-order valence-electron chi connectivity index (χ3n) is 2.79. The van der Waals surface area contributed by atoms with Gasteiger partial charge in [-0.1, -0.05) is 6.07 Å². The fourth-order valence-electron chi connectivity index (χ4n) is 1.71. The second-order valence-corrected chi connectivity index (χ2v) is 7.77. The minimum Gasteiger partial charge on any atom is -0.355 e. The van der Waals surface area contributed by atoms with Crippen molar-refractivity contribution in [3.8, 4) is 0 Å². The standard InChI is InChI=1S/C14H16BrN3OS2/c1-10-12(21-14(15)18-10)8-20-9-13(19)17-6-4-11-3-2-5-16-7-11/h2-3,5,7H,4,6,8-9H2,1H3,(H,17,19). The number of nitrogens with one attached hydrogen (secondary N) is 1. The number of thiazole rings is 1. The Hall–Kier alpha value is -0.920. The molecular formula is C14H16BrN3OS2. The van der Waals surface area contributed by atoms with Gasteiger partial charge in [0.25, 0.3) is 0 Å². The van der Waals surface area contributed by atoms with E-state index in [1.165, 1.54) is 4.88 Å². The Morgan fingerprint density at radius 2 is 2.38 bits per heavy atom. The van der Waals surface area contributed by atoms with E-state index >= 15 is 0 Å². The summed E-state index contributed by atoms with van der Waals surface area (Å²) in [5.74, 6) is 1.37. The first-order chi connectivity index (χ1) is 10.1. The van der Waals surface area contributed by atoms with Gasteiger partial charge in [0.1, 0.15) is 0 Å². The monoisotopic (exact) mass is 385 g/mol. The summed E-state index contributed by atoms with van der Waals surface area (Å²) in [5, 5.41) is 2.93. The Morgan fingerprint density at radius 3 is 3.05 bits per heavy atom. The first-order valence-corrected chi connectivity index (χ1v) is 9.26. The first-order valence-electron chi connectivity index (χ1n) is 6.50. The van der Waals surface area contributed by atoms with Crippen molar-refractivity contribution in [2.75, 3.05) is 12.3 Å². The maximum Gasteiger partial charge on any atom is 0.230 e. The summed E-state index contributed by atoms with van der Waals surface area (Å²) in [5.41, 5.74) is 2.17. The third-order valence-corrected chi connectivity index (χ3v) is 5.54. The second kappa shape index (κ2) is 8.51. The highest BCUT2D eigenvalue weighted by Gasteiger charge is 2.07. The second-order valence-electron chi connectivity index (χ2n) is 4.43. The summed E-state index contributed by atoms with van der Waals surface area (Å²) >= 11 is 6.61. The van der Waals surface area contributed by atoms with Crippen molar-refractivity contribution >= 4 is 44.9 Å². The molecule has 0 atom stereocenters. The molecule has 112 valence electrons. The van der Waals surface area contributed by atoms with Gasteiger partial charge in [-0.3, -0.25) is 9.78 Å². The van der Waals surface area contributed by atoms with Crippen LogP contribution in [0.2, 0.25) is 0 Å². The zero-order chi connectivity index (χ0) is 15.1. The summed E-state index contributed by atoms with van der Waals surface area (Å²) in [6.45, 7) is 2.64. The van der Waals surface area contributed by atoms with Crippen LogP contribution in [0.5, 0.6) is 0 Å². The lowest BCUT2D eigenvalue weighted by molar-refractivity contribution is -0.118. The van der Waals surface area contributed by atoms with Gasteiger partial charge in [0.05, 0.1) is 11.4 Å². The smallest absolute Gasteiger partial charge is 0.230 e. The molecule has 0 saturated heterocycles. The molecule has 2 heterocycles. The number of carbonyl (C=O) groups is 1. The molecule has 0 radical (unpaired) electrons. The lowest BCUT2D eigenvalue weighted by atomic mass is 10.2. The van der Waals surface area contributed by atoms with E-state index in [2.05, 4.69) is 31.2 Å². The molecule has 2 rings (SSSR count). The van der Waals surface area contributed by atoms with Gasteiger partial charge in [-0.25, -0.2) is 4.98 Å². The number of carbonyl (C=O) groups excluding carboxylic acids is 1. The van der Waals surface area contributed by atoms with Crippen molar-refractivity contribution < 1.29 is 4.79 Å². The van der Waals surface area contributed by atoms with Gasteiger partial charge in [0.2, 0.25) is 5.91 Å². The molecule has 0 fully saturated rings. The van der Waals surface area contributed by atoms with E-state index in [0.717, 1.165) is 27.3 Å². The number of amides is 1. The fourth-order valence-corrected chi connectivity index (χ4v) is 4.41. The number of hydrogen-bond donors (Lipinski definition) is 1. The van der Waals surface area contributed by atoms with Gasteiger partial charge in [-0.15, -0.1) is 23.1 Å². The molecular weight excluding hydrogens is 370 g/mol. The van der Waals surface area contributed by atoms with Crippen LogP contribution >= 0.6 is 39.0 Å². The molecule has 21 heavy (non-hydrogen) atoms. The van der Waals surface area contributed by atoms with Gasteiger partial charge in [0, 0.05) is 29.6 Å². The zero-order valence-corrected chi connectivity index (χ0v) is 14.9. The van der Waals surface area contributed by atoms with Gasteiger partial charge < -0.3 is 5.32 Å². The summed E-state index contributed by atoms with van der Waals surface area (Å²) < 4.78 is 0.900. The highest BCUT2D eigenvalue weighted by Crippen LogP contribution is 2.26. The fraction of sp³-hybridized carbons (Fsp3) is 0.357. The predicted octanol–water partition coefficient (Wildman–Crippen LogP) is 3.20. The summed E-state index contributed by atoms with van der Waals surface area (Å²) in [6, 6.07) is 3.92. The molecule has 7 heteroatoms. The van der Waals surface area contributed by atoms with Crippen LogP contribution in [0.25, 0.3) is 0 Å². The van der Waals surface area contributed by atoms with Crippen molar-refractivity contribution in [3.05, 3.63) is 44.6 Å². The number of hydrogen-bond acceptors (Lipinski definition) is 5. The number of aryl methyl sites for hydroxylation is 1. The molecule has 1 N–H and O–H groups in total. The van der Waals surface area contributed by atoms with Crippen LogP contribution in [0.4, 0.5) is 0 Å². The van der Waals surface area contributed by atoms with Crippen molar-refractivity contribution in [1.29, 1.82) is 0 Å². The maximum absolute atomic E-state index is 11.7. The number of halogens is 1. The summed E-state index contributed by atoms with van der Waals surface area (Å²) in [6.07, 6.45) is 4.38. The van der Waals surface area contributed by atoms with Gasteiger partial charge >= 0.3 is 0 Å². The molecule has 0 bridgehead atoms. The normalized spacial score (nSPS) is 10.6. The number of aromatic nitrogens is 2. The third kappa shape index (κ3) is 5.76. The van der Waals surface area contributed by atoms with Crippen LogP contribution in [0, 0.1) is 6.92 Å². The van der Waals surface area contributed by atoms with Crippen LogP contribution < -0.4 is 5.32 Å². The van der Waals surface area contributed by atoms with E-state index in [-0.39, 0.29) is 5.91 Å². The van der Waals surface area contributed by atoms with Crippen LogP contribution in [0.3, 0.4) is 0 Å². The van der Waals surface area contributed by atoms with Crippen LogP contribution in [0.1, 0.15) is 16.1 Å². The zero-order valence-electron chi connectivity index (χ0n) is 11.6. The SMILES string of the molecule is Cc1nc(Br)sc1CSCC(=O)NCCc1cccnc1. The molecule has 0 spiro atoms. The van der Waals surface area contributed by atoms with Crippen LogP contribution in [-0.4, -0.2) is 28.2 Å². The van der Waals surface area contributed by atoms with Crippen LogP contribution in [-0.2, 0) is 17.0 Å². The van der Waals surface area contributed by atoms with Gasteiger partial charge in [0.15, 0.2) is 3.92 Å². The maximum atomic E-state index is 11.7.